The van der Waals surface area contributed by atoms with E-state index < -0.39 is 5.97 Å². The molecule has 0 saturated heterocycles. The number of hydrogen-bond acceptors (Lipinski definition) is 4. The zero-order chi connectivity index (χ0) is 34.9. The third-order valence-corrected chi connectivity index (χ3v) is 10.7. The average Bonchev–Trinajstić information content (AvgIpc) is 3.73. The van der Waals surface area contributed by atoms with Gasteiger partial charge < -0.3 is 24.3 Å². The van der Waals surface area contributed by atoms with Crippen LogP contribution in [0.2, 0.25) is 10.0 Å². The summed E-state index contributed by atoms with van der Waals surface area (Å²) in [5, 5.41) is 17.6. The van der Waals surface area contributed by atoms with Crippen molar-refractivity contribution in [2.75, 3.05) is 18.1 Å². The summed E-state index contributed by atoms with van der Waals surface area (Å²) in [7, 11) is 1.92. The number of anilines is 1. The Balaban J connectivity index is 1.37. The number of aromatic nitrogens is 4. The van der Waals surface area contributed by atoms with E-state index in [1.165, 1.54) is 0 Å². The van der Waals surface area contributed by atoms with Crippen LogP contribution in [0.15, 0.2) is 48.7 Å². The lowest BCUT2D eigenvalue weighted by Crippen LogP contribution is -2.42. The first-order chi connectivity index (χ1) is 23.4. The molecule has 49 heavy (non-hydrogen) atoms. The van der Waals surface area contributed by atoms with Gasteiger partial charge in [0, 0.05) is 69.7 Å². The molecule has 1 amide bonds. The van der Waals surface area contributed by atoms with Crippen molar-refractivity contribution in [1.29, 1.82) is 0 Å². The van der Waals surface area contributed by atoms with E-state index >= 15 is 0 Å². The second-order valence-corrected chi connectivity index (χ2v) is 13.8. The highest BCUT2D eigenvalue weighted by molar-refractivity contribution is 6.35. The number of H-pyrrole nitrogens is 1. The zero-order valence-electron chi connectivity index (χ0n) is 28.2. The van der Waals surface area contributed by atoms with Crippen LogP contribution in [0.3, 0.4) is 0 Å². The molecule has 0 aliphatic carbocycles. The van der Waals surface area contributed by atoms with Gasteiger partial charge >= 0.3 is 5.97 Å². The molecule has 0 radical (unpaired) electrons. The number of nitrogens with one attached hydrogen (secondary N) is 1. The smallest absolute Gasteiger partial charge is 0.336 e. The molecule has 1 atom stereocenters. The lowest BCUT2D eigenvalue weighted by Gasteiger charge is -2.34. The second-order valence-electron chi connectivity index (χ2n) is 13.0. The number of halogens is 2. The Morgan fingerprint density at radius 3 is 2.45 bits per heavy atom. The molecule has 11 heteroatoms. The number of nitrogens with zero attached hydrogens (tertiary/aromatic N) is 4. The predicted molar refractivity (Wildman–Crippen MR) is 195 cm³/mol. The highest BCUT2D eigenvalue weighted by Gasteiger charge is 2.37. The normalized spacial score (nSPS) is 14.7. The fourth-order valence-electron chi connectivity index (χ4n) is 7.44. The molecule has 0 bridgehead atoms. The molecule has 0 saturated carbocycles. The molecule has 1 unspecified atom stereocenters. The second kappa shape index (κ2) is 12.3. The zero-order valence-corrected chi connectivity index (χ0v) is 29.8. The van der Waals surface area contributed by atoms with Gasteiger partial charge in [-0.1, -0.05) is 29.3 Å². The number of carbonyl (C=O) groups is 2. The van der Waals surface area contributed by atoms with Crippen LogP contribution >= 0.6 is 23.2 Å². The summed E-state index contributed by atoms with van der Waals surface area (Å²) >= 11 is 13.4. The van der Waals surface area contributed by atoms with Gasteiger partial charge in [-0.25, -0.2) is 4.79 Å². The number of rotatable bonds is 8. The van der Waals surface area contributed by atoms with Crippen molar-refractivity contribution in [2.24, 2.45) is 7.05 Å². The SMILES string of the molecule is Cc1cc(OCCCc2c3n(c4c(-c5c(C)nn(C)c5C)c(Cl)ccc24)C(C)CN(c2cc(C(=O)O)c4cc[nH]c4c2)C3=O)cc(C)c1Cl. The molecule has 6 aromatic rings. The molecule has 1 aliphatic heterocycles. The maximum atomic E-state index is 14.8. The first kappa shape index (κ1) is 32.8. The fraction of sp³-hybridized carbons (Fsp3) is 0.289. The molecule has 3 aromatic carbocycles. The number of amides is 1. The Bertz CT molecular complexity index is 2310. The number of carboxylic acids is 1. The number of ether oxygens (including phenoxy) is 1. The Morgan fingerprint density at radius 1 is 1.04 bits per heavy atom. The van der Waals surface area contributed by atoms with Crippen LogP contribution in [-0.4, -0.2) is 49.5 Å². The van der Waals surface area contributed by atoms with Crippen LogP contribution in [0.25, 0.3) is 32.9 Å². The molecule has 7 rings (SSSR count). The lowest BCUT2D eigenvalue weighted by atomic mass is 9.98. The monoisotopic (exact) mass is 697 g/mol. The van der Waals surface area contributed by atoms with Gasteiger partial charge in [0.15, 0.2) is 0 Å². The molecule has 0 fully saturated rings. The molecule has 0 spiro atoms. The number of fused-ring (bicyclic) bond motifs is 4. The Hall–Kier alpha value is -4.73. The number of aromatic amines is 1. The van der Waals surface area contributed by atoms with Gasteiger partial charge in [-0.05, 0) is 101 Å². The first-order valence-corrected chi connectivity index (χ1v) is 17.0. The van der Waals surface area contributed by atoms with Crippen molar-refractivity contribution in [3.8, 4) is 16.9 Å². The molecular weight excluding hydrogens is 661 g/mol. The van der Waals surface area contributed by atoms with E-state index in [9.17, 15) is 14.7 Å². The van der Waals surface area contributed by atoms with Crippen LogP contribution in [0.4, 0.5) is 5.69 Å². The minimum atomic E-state index is -1.05. The summed E-state index contributed by atoms with van der Waals surface area (Å²) in [6.07, 6.45) is 2.92. The number of carboxylic acid groups (broad SMARTS) is 1. The van der Waals surface area contributed by atoms with Crippen LogP contribution in [0.1, 0.15) is 68.3 Å². The molecular formula is C38H37Cl2N5O4. The predicted octanol–water partition coefficient (Wildman–Crippen LogP) is 8.99. The number of hydrogen-bond donors (Lipinski definition) is 2. The van der Waals surface area contributed by atoms with Crippen LogP contribution in [0.5, 0.6) is 5.75 Å². The van der Waals surface area contributed by atoms with Gasteiger partial charge in [0.05, 0.1) is 28.4 Å². The van der Waals surface area contributed by atoms with E-state index in [2.05, 4.69) is 21.6 Å². The minimum Gasteiger partial charge on any atom is -0.494 e. The summed E-state index contributed by atoms with van der Waals surface area (Å²) in [5.74, 6) is -0.492. The van der Waals surface area contributed by atoms with Crippen LogP contribution in [0, 0.1) is 27.7 Å². The van der Waals surface area contributed by atoms with Crippen molar-refractivity contribution in [2.45, 2.75) is 53.5 Å². The van der Waals surface area contributed by atoms with Gasteiger partial charge in [-0.3, -0.25) is 9.48 Å². The van der Waals surface area contributed by atoms with Crippen LogP contribution < -0.4 is 9.64 Å². The van der Waals surface area contributed by atoms with Crippen molar-refractivity contribution in [3.05, 3.63) is 98.0 Å². The van der Waals surface area contributed by atoms with E-state index in [0.29, 0.717) is 53.3 Å². The lowest BCUT2D eigenvalue weighted by molar-refractivity contribution is 0.0698. The summed E-state index contributed by atoms with van der Waals surface area (Å²) in [5.41, 5.74) is 9.24. The molecule has 3 aromatic heterocycles. The van der Waals surface area contributed by atoms with E-state index in [1.54, 1.807) is 23.2 Å². The summed E-state index contributed by atoms with van der Waals surface area (Å²) in [6.45, 7) is 10.8. The molecule has 252 valence electrons. The average molecular weight is 699 g/mol. The topological polar surface area (TPSA) is 105 Å². The summed E-state index contributed by atoms with van der Waals surface area (Å²) < 4.78 is 10.2. The largest absolute Gasteiger partial charge is 0.494 e. The standard InChI is InChI=1S/C38H37Cl2N5O4/c1-19-14-25(15-20(2)34(19)40)49-13-7-8-27-28-9-10-30(39)33(32-22(4)42-43(6)23(32)5)35(28)45-21(3)18-44(37(46)36(27)45)24-16-29(38(47)48)26-11-12-41-31(26)17-24/h9-12,14-17,21,41H,7-8,13,18H2,1-6H3,(H,47,48). The van der Waals surface area contributed by atoms with Gasteiger partial charge in [-0.15, -0.1) is 0 Å². The summed E-state index contributed by atoms with van der Waals surface area (Å²) in [6, 6.07) is 12.8. The van der Waals surface area contributed by atoms with Crippen molar-refractivity contribution in [1.82, 2.24) is 19.3 Å². The van der Waals surface area contributed by atoms with Crippen molar-refractivity contribution in [3.63, 3.8) is 0 Å². The van der Waals surface area contributed by atoms with Gasteiger partial charge in [0.1, 0.15) is 11.4 Å². The Labute approximate surface area is 294 Å². The van der Waals surface area contributed by atoms with Crippen molar-refractivity contribution < 1.29 is 19.4 Å². The number of aryl methyl sites for hydroxylation is 5. The number of aromatic carboxylic acids is 1. The maximum Gasteiger partial charge on any atom is 0.336 e. The third-order valence-electron chi connectivity index (χ3n) is 9.76. The minimum absolute atomic E-state index is 0.141. The Morgan fingerprint density at radius 2 is 1.78 bits per heavy atom. The molecule has 4 heterocycles. The fourth-order valence-corrected chi connectivity index (χ4v) is 7.79. The Kier molecular flexibility index (Phi) is 8.24. The number of carbonyl (C=O) groups excluding carboxylic acids is 1. The van der Waals surface area contributed by atoms with Crippen LogP contribution in [-0.2, 0) is 13.5 Å². The van der Waals surface area contributed by atoms with Gasteiger partial charge in [0.25, 0.3) is 5.91 Å². The van der Waals surface area contributed by atoms with E-state index in [4.69, 9.17) is 27.9 Å². The third kappa shape index (κ3) is 5.36. The van der Waals surface area contributed by atoms with E-state index in [-0.39, 0.29) is 17.5 Å². The molecule has 1 aliphatic rings. The van der Waals surface area contributed by atoms with Gasteiger partial charge in [-0.2, -0.15) is 5.10 Å². The number of benzene rings is 3. The van der Waals surface area contributed by atoms with Crippen molar-refractivity contribution >= 4 is 62.6 Å². The molecule has 2 N–H and O–H groups in total. The van der Waals surface area contributed by atoms with E-state index in [1.807, 2.05) is 69.8 Å². The highest BCUT2D eigenvalue weighted by Crippen LogP contribution is 2.45. The van der Waals surface area contributed by atoms with E-state index in [0.717, 1.165) is 60.9 Å². The van der Waals surface area contributed by atoms with Gasteiger partial charge in [0.2, 0.25) is 0 Å². The highest BCUT2D eigenvalue weighted by atomic mass is 35.5. The maximum absolute atomic E-state index is 14.8. The summed E-state index contributed by atoms with van der Waals surface area (Å²) in [4.78, 5) is 31.9. The molecule has 9 nitrogen and oxygen atoms in total. The quantitative estimate of drug-likeness (QED) is 0.155. The first-order valence-electron chi connectivity index (χ1n) is 16.3.